The van der Waals surface area contributed by atoms with E-state index in [1.54, 1.807) is 4.90 Å². The molecule has 1 aliphatic rings. The number of fused-ring (bicyclic) bond motifs is 1. The van der Waals surface area contributed by atoms with Crippen molar-refractivity contribution >= 4 is 27.5 Å². The van der Waals surface area contributed by atoms with Crippen molar-refractivity contribution in [1.29, 1.82) is 0 Å². The molecule has 4 nitrogen and oxygen atoms in total. The van der Waals surface area contributed by atoms with Crippen LogP contribution < -0.4 is 10.6 Å². The molecule has 1 amide bonds. The zero-order valence-corrected chi connectivity index (χ0v) is 12.7. The maximum atomic E-state index is 11.7. The number of benzene rings is 1. The predicted molar refractivity (Wildman–Crippen MR) is 80.6 cm³/mol. The van der Waals surface area contributed by atoms with Crippen LogP contribution in [0.4, 0.5) is 5.69 Å². The van der Waals surface area contributed by atoms with Gasteiger partial charge in [0, 0.05) is 19.2 Å². The van der Waals surface area contributed by atoms with Crippen LogP contribution in [0.25, 0.3) is 0 Å². The summed E-state index contributed by atoms with van der Waals surface area (Å²) in [6.07, 6.45) is 1.31. The third-order valence-corrected chi connectivity index (χ3v) is 4.13. The summed E-state index contributed by atoms with van der Waals surface area (Å²) in [5, 5.41) is 0. The van der Waals surface area contributed by atoms with Gasteiger partial charge in [0.15, 0.2) is 4.67 Å². The molecular weight excluding hydrogens is 320 g/mol. The van der Waals surface area contributed by atoms with E-state index in [1.165, 1.54) is 0 Å². The molecule has 0 fully saturated rings. The minimum absolute atomic E-state index is 0.157. The van der Waals surface area contributed by atoms with Gasteiger partial charge in [-0.15, -0.1) is 0 Å². The largest absolute Gasteiger partial charge is 0.452 e. The number of nitrogens with zero attached hydrogens (tertiary/aromatic N) is 1. The van der Waals surface area contributed by atoms with E-state index in [1.807, 2.05) is 31.3 Å². The molecule has 2 heterocycles. The van der Waals surface area contributed by atoms with Crippen LogP contribution in [0.2, 0.25) is 0 Å². The van der Waals surface area contributed by atoms with Gasteiger partial charge >= 0.3 is 0 Å². The quantitative estimate of drug-likeness (QED) is 0.918. The van der Waals surface area contributed by atoms with E-state index in [4.69, 9.17) is 10.2 Å². The number of aryl methyl sites for hydroxylation is 1. The van der Waals surface area contributed by atoms with Gasteiger partial charge in [-0.25, -0.2) is 0 Å². The lowest BCUT2D eigenvalue weighted by Crippen LogP contribution is -2.31. The van der Waals surface area contributed by atoms with Crippen molar-refractivity contribution in [2.24, 2.45) is 5.73 Å². The molecular formula is C15H15BrN2O2. The summed E-state index contributed by atoms with van der Waals surface area (Å²) in [6.45, 7) is 0. The van der Waals surface area contributed by atoms with Crippen LogP contribution in [0.5, 0.6) is 0 Å². The van der Waals surface area contributed by atoms with Crippen LogP contribution in [0.1, 0.15) is 29.3 Å². The van der Waals surface area contributed by atoms with Crippen LogP contribution in [0, 0.1) is 0 Å². The Hall–Kier alpha value is -1.59. The molecule has 0 spiro atoms. The molecule has 0 saturated carbocycles. The average molecular weight is 335 g/mol. The number of hydrogen-bond donors (Lipinski definition) is 1. The van der Waals surface area contributed by atoms with Crippen LogP contribution in [-0.4, -0.2) is 13.0 Å². The Morgan fingerprint density at radius 3 is 2.80 bits per heavy atom. The molecule has 2 N–H and O–H groups in total. The van der Waals surface area contributed by atoms with Gasteiger partial charge in [-0.05, 0) is 51.7 Å². The number of amides is 1. The number of anilines is 1. The number of hydrogen-bond acceptors (Lipinski definition) is 3. The van der Waals surface area contributed by atoms with Crippen LogP contribution in [-0.2, 0) is 11.2 Å². The summed E-state index contributed by atoms with van der Waals surface area (Å²) in [7, 11) is 1.81. The molecule has 20 heavy (non-hydrogen) atoms. The summed E-state index contributed by atoms with van der Waals surface area (Å²) in [4.78, 5) is 13.4. The highest BCUT2D eigenvalue weighted by Gasteiger charge is 2.22. The number of nitrogens with two attached hydrogens (primary N) is 1. The Morgan fingerprint density at radius 2 is 2.10 bits per heavy atom. The Bertz CT molecular complexity index is 666. The van der Waals surface area contributed by atoms with Gasteiger partial charge < -0.3 is 15.1 Å². The molecule has 3 rings (SSSR count). The summed E-state index contributed by atoms with van der Waals surface area (Å²) < 4.78 is 6.18. The van der Waals surface area contributed by atoms with E-state index in [2.05, 4.69) is 22.0 Å². The first kappa shape index (κ1) is 13.4. The first-order chi connectivity index (χ1) is 9.56. The lowest BCUT2D eigenvalue weighted by Gasteiger charge is -2.26. The zero-order chi connectivity index (χ0) is 14.3. The Balaban J connectivity index is 1.95. The lowest BCUT2D eigenvalue weighted by atomic mass is 9.96. The molecule has 104 valence electrons. The molecule has 0 radical (unpaired) electrons. The summed E-state index contributed by atoms with van der Waals surface area (Å²) in [5.41, 5.74) is 9.35. The van der Waals surface area contributed by atoms with Crippen molar-refractivity contribution in [3.05, 3.63) is 51.9 Å². The fourth-order valence-corrected chi connectivity index (χ4v) is 2.85. The Kier molecular flexibility index (Phi) is 3.40. The second kappa shape index (κ2) is 5.07. The predicted octanol–water partition coefficient (Wildman–Crippen LogP) is 3.00. The maximum Gasteiger partial charge on any atom is 0.227 e. The highest BCUT2D eigenvalue weighted by molar-refractivity contribution is 9.10. The summed E-state index contributed by atoms with van der Waals surface area (Å²) >= 11 is 3.28. The Labute approximate surface area is 125 Å². The van der Waals surface area contributed by atoms with E-state index >= 15 is 0 Å². The number of rotatable bonds is 2. The highest BCUT2D eigenvalue weighted by atomic mass is 79.9. The first-order valence-corrected chi connectivity index (χ1v) is 7.26. The number of furan rings is 1. The van der Waals surface area contributed by atoms with E-state index in [0.717, 1.165) is 29.0 Å². The van der Waals surface area contributed by atoms with E-state index in [9.17, 15) is 4.79 Å². The summed E-state index contributed by atoms with van der Waals surface area (Å²) in [5.74, 6) is 0.876. The molecule has 1 aliphatic heterocycles. The van der Waals surface area contributed by atoms with Gasteiger partial charge in [-0.3, -0.25) is 4.79 Å². The lowest BCUT2D eigenvalue weighted by molar-refractivity contribution is -0.118. The molecule has 1 aromatic carbocycles. The smallest absolute Gasteiger partial charge is 0.227 e. The van der Waals surface area contributed by atoms with E-state index in [-0.39, 0.29) is 11.9 Å². The van der Waals surface area contributed by atoms with Crippen LogP contribution in [0.3, 0.4) is 0 Å². The fourth-order valence-electron chi connectivity index (χ4n) is 2.53. The Morgan fingerprint density at radius 1 is 1.30 bits per heavy atom. The summed E-state index contributed by atoms with van der Waals surface area (Å²) in [6, 6.07) is 9.38. The van der Waals surface area contributed by atoms with Crippen molar-refractivity contribution in [3.63, 3.8) is 0 Å². The second-order valence-corrected chi connectivity index (χ2v) is 5.74. The molecule has 2 aromatic rings. The molecule has 1 aromatic heterocycles. The fraction of sp³-hybridized carbons (Fsp3) is 0.267. The van der Waals surface area contributed by atoms with Gasteiger partial charge in [0.1, 0.15) is 5.76 Å². The van der Waals surface area contributed by atoms with E-state index in [0.29, 0.717) is 11.1 Å². The second-order valence-electron chi connectivity index (χ2n) is 4.96. The first-order valence-electron chi connectivity index (χ1n) is 6.46. The van der Waals surface area contributed by atoms with Crippen molar-refractivity contribution < 1.29 is 9.21 Å². The molecule has 5 heteroatoms. The molecule has 0 aliphatic carbocycles. The normalized spacial score (nSPS) is 16.1. The average Bonchev–Trinajstić information content (AvgIpc) is 2.88. The van der Waals surface area contributed by atoms with Crippen LogP contribution in [0.15, 0.2) is 39.4 Å². The monoisotopic (exact) mass is 334 g/mol. The maximum absolute atomic E-state index is 11.7. The number of carbonyl (C=O) groups is 1. The van der Waals surface area contributed by atoms with Crippen molar-refractivity contribution in [3.8, 4) is 0 Å². The van der Waals surface area contributed by atoms with Crippen molar-refractivity contribution in [2.45, 2.75) is 18.9 Å². The third-order valence-electron chi connectivity index (χ3n) is 3.71. The molecule has 1 unspecified atom stereocenters. The highest BCUT2D eigenvalue weighted by Crippen LogP contribution is 2.31. The zero-order valence-electron chi connectivity index (χ0n) is 11.1. The van der Waals surface area contributed by atoms with Gasteiger partial charge in [0.05, 0.1) is 6.04 Å². The van der Waals surface area contributed by atoms with Crippen molar-refractivity contribution in [1.82, 2.24) is 0 Å². The van der Waals surface area contributed by atoms with Gasteiger partial charge in [-0.1, -0.05) is 12.1 Å². The van der Waals surface area contributed by atoms with E-state index < -0.39 is 0 Å². The molecule has 0 saturated heterocycles. The van der Waals surface area contributed by atoms with Gasteiger partial charge in [0.2, 0.25) is 5.91 Å². The molecule has 0 bridgehead atoms. The minimum Gasteiger partial charge on any atom is -0.452 e. The number of carbonyl (C=O) groups excluding carboxylic acids is 1. The van der Waals surface area contributed by atoms with Gasteiger partial charge in [0.25, 0.3) is 0 Å². The number of halogens is 1. The third kappa shape index (κ3) is 2.27. The van der Waals surface area contributed by atoms with Crippen LogP contribution >= 0.6 is 15.9 Å². The standard InChI is InChI=1S/C15H15BrN2O2/c1-18-11-4-2-10(8-9(11)3-7-14(18)19)15(17)12-5-6-13(16)20-12/h2,4-6,8,15H,3,7,17H2,1H3. The SMILES string of the molecule is CN1C(=O)CCc2cc(C(N)c3ccc(Br)o3)ccc21. The minimum atomic E-state index is -0.297. The van der Waals surface area contributed by atoms with Gasteiger partial charge in [-0.2, -0.15) is 0 Å². The van der Waals surface area contributed by atoms with Crippen molar-refractivity contribution in [2.75, 3.05) is 11.9 Å². The molecule has 1 atom stereocenters. The topological polar surface area (TPSA) is 59.5 Å².